The zero-order chi connectivity index (χ0) is 33.7. The summed E-state index contributed by atoms with van der Waals surface area (Å²) in [5.74, 6) is 0.330. The van der Waals surface area contributed by atoms with Crippen molar-refractivity contribution in [2.75, 3.05) is 0 Å². The van der Waals surface area contributed by atoms with Crippen LogP contribution in [0.5, 0.6) is 0 Å². The van der Waals surface area contributed by atoms with Crippen LogP contribution in [0, 0.1) is 6.92 Å². The number of hydrogen-bond acceptors (Lipinski definition) is 0. The lowest BCUT2D eigenvalue weighted by atomic mass is 9.83. The summed E-state index contributed by atoms with van der Waals surface area (Å²) >= 11 is 0. The second-order valence-electron chi connectivity index (χ2n) is 12.7. The molecule has 242 valence electrons. The molecule has 1 unspecified atom stereocenters. The van der Waals surface area contributed by atoms with Gasteiger partial charge >= 0.3 is 0 Å². The predicted octanol–water partition coefficient (Wildman–Crippen LogP) is 11.7. The monoisotopic (exact) mass is 626 g/mol. The molecule has 3 aromatic carbocycles. The molecule has 3 aromatic rings. The lowest BCUT2D eigenvalue weighted by Crippen LogP contribution is -2.29. The minimum absolute atomic E-state index is 0.330. The van der Waals surface area contributed by atoms with Crippen LogP contribution in [0.15, 0.2) is 169 Å². The molecule has 2 aliphatic carbocycles. The number of rotatable bonds is 11. The van der Waals surface area contributed by atoms with E-state index >= 15 is 0 Å². The molecule has 0 aliphatic heterocycles. The quantitative estimate of drug-likeness (QED) is 0.186. The van der Waals surface area contributed by atoms with Crippen molar-refractivity contribution in [1.82, 2.24) is 0 Å². The zero-order valence-corrected chi connectivity index (χ0v) is 29.3. The van der Waals surface area contributed by atoms with Gasteiger partial charge in [0.2, 0.25) is 0 Å². The molecule has 0 heteroatoms. The Morgan fingerprint density at radius 3 is 2.38 bits per heavy atom. The molecule has 0 saturated carbocycles. The van der Waals surface area contributed by atoms with Crippen LogP contribution in [-0.4, -0.2) is 0 Å². The predicted molar refractivity (Wildman–Crippen MR) is 211 cm³/mol. The molecule has 0 bridgehead atoms. The van der Waals surface area contributed by atoms with Gasteiger partial charge in [-0.2, -0.15) is 0 Å². The van der Waals surface area contributed by atoms with E-state index in [9.17, 15) is 0 Å². The highest BCUT2D eigenvalue weighted by Gasteiger charge is 2.17. The Morgan fingerprint density at radius 2 is 1.69 bits per heavy atom. The largest absolute Gasteiger partial charge is 0.0991 e. The second-order valence-corrected chi connectivity index (χ2v) is 12.7. The topological polar surface area (TPSA) is 0 Å². The fourth-order valence-corrected chi connectivity index (χ4v) is 6.57. The number of allylic oxidation sites excluding steroid dienone is 17. The third-order valence-electron chi connectivity index (χ3n) is 9.35. The SMILES string of the molecule is C=C/C=C\C=C/C(C)c1ccc(/C=c2\ccc(C(/C=C\CC)=C/C)c\c2=C(/C2=CC=C(C3=CC=CCC3)CC2)c2ccccc2C)cc1. The van der Waals surface area contributed by atoms with Gasteiger partial charge in [0.1, 0.15) is 0 Å². The second kappa shape index (κ2) is 17.3. The van der Waals surface area contributed by atoms with Crippen LogP contribution < -0.4 is 10.4 Å². The van der Waals surface area contributed by atoms with Crippen LogP contribution in [0.1, 0.15) is 86.6 Å². The van der Waals surface area contributed by atoms with E-state index in [-0.39, 0.29) is 0 Å². The van der Waals surface area contributed by atoms with Crippen LogP contribution >= 0.6 is 0 Å². The van der Waals surface area contributed by atoms with Crippen LogP contribution in [0.4, 0.5) is 0 Å². The maximum atomic E-state index is 3.75. The van der Waals surface area contributed by atoms with Gasteiger partial charge in [-0.25, -0.2) is 0 Å². The zero-order valence-electron chi connectivity index (χ0n) is 29.3. The molecule has 0 spiro atoms. The minimum atomic E-state index is 0.330. The first-order valence-electron chi connectivity index (χ1n) is 17.6. The average molecular weight is 627 g/mol. The maximum Gasteiger partial charge on any atom is -0.000731 e. The van der Waals surface area contributed by atoms with E-state index in [1.807, 2.05) is 12.2 Å². The fourth-order valence-electron chi connectivity index (χ4n) is 6.57. The summed E-state index contributed by atoms with van der Waals surface area (Å²) in [6, 6.07) is 24.9. The standard InChI is InChI=1S/C48H50/c1-6-9-11-13-18-36(4)40-26-24-38(25-27-40)34-45-33-32-44(39(8-3)20-10-7-2)35-47(45)48(46-23-17-16-19-37(46)5)43-30-28-42(29-31-43)41-21-14-12-15-22-41/h6,8-14,16-21,23-28,30,32-36H,1,7,15,22,29,31H2,2-5H3/b11-9-,18-13-,20-10-,39-8+,45-34+,48-47-. The van der Waals surface area contributed by atoms with Gasteiger partial charge in [0.25, 0.3) is 0 Å². The third kappa shape index (κ3) is 8.69. The summed E-state index contributed by atoms with van der Waals surface area (Å²) in [6.07, 6.45) is 36.2. The van der Waals surface area contributed by atoms with Gasteiger partial charge in [-0.1, -0.05) is 160 Å². The first kappa shape index (κ1) is 34.4. The lowest BCUT2D eigenvalue weighted by molar-refractivity contribution is 0.883. The number of benzene rings is 3. The first-order chi connectivity index (χ1) is 23.5. The summed E-state index contributed by atoms with van der Waals surface area (Å²) in [5, 5.41) is 2.52. The van der Waals surface area contributed by atoms with E-state index in [0.29, 0.717) is 5.92 Å². The lowest BCUT2D eigenvalue weighted by Gasteiger charge is -2.22. The molecule has 0 fully saturated rings. The minimum Gasteiger partial charge on any atom is -0.0991 e. The highest BCUT2D eigenvalue weighted by Crippen LogP contribution is 2.34. The van der Waals surface area contributed by atoms with Crippen LogP contribution in [0.2, 0.25) is 0 Å². The summed E-state index contributed by atoms with van der Waals surface area (Å²) < 4.78 is 0. The van der Waals surface area contributed by atoms with E-state index in [0.717, 1.165) is 32.1 Å². The summed E-state index contributed by atoms with van der Waals surface area (Å²) in [5.41, 5.74) is 13.3. The van der Waals surface area contributed by atoms with Gasteiger partial charge in [0.05, 0.1) is 0 Å². The Kier molecular flexibility index (Phi) is 12.4. The molecule has 48 heavy (non-hydrogen) atoms. The smallest absolute Gasteiger partial charge is 0.000731 e. The highest BCUT2D eigenvalue weighted by atomic mass is 14.2. The molecule has 0 heterocycles. The molecule has 1 atom stereocenters. The molecule has 5 rings (SSSR count). The first-order valence-corrected chi connectivity index (χ1v) is 17.6. The Bertz CT molecular complexity index is 1970. The maximum absolute atomic E-state index is 3.75. The van der Waals surface area contributed by atoms with Gasteiger partial charge in [-0.05, 0) is 130 Å². The van der Waals surface area contributed by atoms with Gasteiger partial charge < -0.3 is 0 Å². The number of aryl methyl sites for hydroxylation is 1. The van der Waals surface area contributed by atoms with E-state index < -0.39 is 0 Å². The van der Waals surface area contributed by atoms with Gasteiger partial charge in [-0.15, -0.1) is 0 Å². The van der Waals surface area contributed by atoms with E-state index in [1.54, 1.807) is 6.08 Å². The molecule has 0 saturated heterocycles. The molecule has 0 N–H and O–H groups in total. The Labute approximate surface area is 289 Å². The molecule has 0 amide bonds. The van der Waals surface area contributed by atoms with Crippen molar-refractivity contribution in [2.45, 2.75) is 65.7 Å². The van der Waals surface area contributed by atoms with Crippen LogP contribution in [0.3, 0.4) is 0 Å². The Balaban J connectivity index is 1.72. The molecule has 2 aliphatic rings. The van der Waals surface area contributed by atoms with E-state index in [1.165, 1.54) is 66.1 Å². The molecule has 0 aromatic heterocycles. The van der Waals surface area contributed by atoms with Crippen LogP contribution in [-0.2, 0) is 0 Å². The summed E-state index contributed by atoms with van der Waals surface area (Å²) in [4.78, 5) is 0. The Hall–Kier alpha value is -4.94. The van der Waals surface area contributed by atoms with Crippen molar-refractivity contribution >= 4 is 17.2 Å². The van der Waals surface area contributed by atoms with Crippen molar-refractivity contribution in [1.29, 1.82) is 0 Å². The van der Waals surface area contributed by atoms with Crippen molar-refractivity contribution < 1.29 is 0 Å². The Morgan fingerprint density at radius 1 is 0.875 bits per heavy atom. The number of hydrogen-bond donors (Lipinski definition) is 0. The van der Waals surface area contributed by atoms with E-state index in [4.69, 9.17) is 0 Å². The summed E-state index contributed by atoms with van der Waals surface area (Å²) in [7, 11) is 0. The molecule has 0 radical (unpaired) electrons. The normalized spacial score (nSPS) is 17.1. The van der Waals surface area contributed by atoms with Gasteiger partial charge in [-0.3, -0.25) is 0 Å². The van der Waals surface area contributed by atoms with Crippen molar-refractivity contribution in [3.63, 3.8) is 0 Å². The molecular formula is C48H50. The highest BCUT2D eigenvalue weighted by molar-refractivity contribution is 5.83. The van der Waals surface area contributed by atoms with Gasteiger partial charge in [0, 0.05) is 0 Å². The molecular weight excluding hydrogens is 577 g/mol. The van der Waals surface area contributed by atoms with Crippen molar-refractivity contribution in [3.8, 4) is 0 Å². The average Bonchev–Trinajstić information content (AvgIpc) is 3.13. The van der Waals surface area contributed by atoms with Crippen molar-refractivity contribution in [2.24, 2.45) is 0 Å². The van der Waals surface area contributed by atoms with Crippen LogP contribution in [0.25, 0.3) is 17.2 Å². The summed E-state index contributed by atoms with van der Waals surface area (Å²) in [6.45, 7) is 12.6. The third-order valence-corrected chi connectivity index (χ3v) is 9.35. The molecule has 0 nitrogen and oxygen atoms in total. The van der Waals surface area contributed by atoms with Crippen molar-refractivity contribution in [3.05, 3.63) is 207 Å². The van der Waals surface area contributed by atoms with E-state index in [2.05, 4.69) is 168 Å². The van der Waals surface area contributed by atoms with Gasteiger partial charge in [0.15, 0.2) is 0 Å². The fraction of sp³-hybridized carbons (Fsp3) is 0.208.